The van der Waals surface area contributed by atoms with Crippen molar-refractivity contribution in [3.05, 3.63) is 30.5 Å². The Kier molecular flexibility index (Phi) is 4.75. The van der Waals surface area contributed by atoms with Gasteiger partial charge in [0.1, 0.15) is 6.54 Å². The van der Waals surface area contributed by atoms with Crippen LogP contribution in [-0.2, 0) is 21.4 Å². The highest BCUT2D eigenvalue weighted by Crippen LogP contribution is 2.25. The maximum atomic E-state index is 13.0. The number of fused-ring (bicyclic) bond motifs is 1. The molecule has 0 spiro atoms. The normalized spacial score (nSPS) is 19.4. The number of hydrogen-bond donors (Lipinski definition) is 1. The van der Waals surface area contributed by atoms with Crippen LogP contribution >= 0.6 is 0 Å². The van der Waals surface area contributed by atoms with E-state index in [9.17, 15) is 13.2 Å². The minimum absolute atomic E-state index is 0.00580. The Bertz CT molecular complexity index is 907. The van der Waals surface area contributed by atoms with Gasteiger partial charge in [-0.1, -0.05) is 12.8 Å². The van der Waals surface area contributed by atoms with Crippen molar-refractivity contribution in [2.75, 3.05) is 13.1 Å². The van der Waals surface area contributed by atoms with E-state index >= 15 is 0 Å². The standard InChI is InChI=1S/C19H25N3O3S/c23-19(20-16-5-6-16)14-21-12-9-15-13-17(7-8-18(15)21)26(24,25)22-10-3-1-2-4-11-22/h7-9,12-13,16H,1-6,10-11,14H2,(H,20,23). The summed E-state index contributed by atoms with van der Waals surface area (Å²) < 4.78 is 29.4. The Balaban J connectivity index is 1.56. The predicted octanol–water partition coefficient (Wildman–Crippen LogP) is 2.48. The number of nitrogens with one attached hydrogen (secondary N) is 1. The Morgan fingerprint density at radius 2 is 1.81 bits per heavy atom. The number of rotatable bonds is 5. The first-order chi connectivity index (χ1) is 12.5. The molecule has 26 heavy (non-hydrogen) atoms. The van der Waals surface area contributed by atoms with E-state index in [1.165, 1.54) is 0 Å². The highest BCUT2D eigenvalue weighted by atomic mass is 32.2. The Hall–Kier alpha value is -1.86. The number of hydrogen-bond acceptors (Lipinski definition) is 3. The van der Waals surface area contributed by atoms with Crippen molar-refractivity contribution in [2.24, 2.45) is 0 Å². The quantitative estimate of drug-likeness (QED) is 0.873. The van der Waals surface area contributed by atoms with Crippen LogP contribution in [0.25, 0.3) is 10.9 Å². The summed E-state index contributed by atoms with van der Waals surface area (Å²) in [6.45, 7) is 1.46. The molecular weight excluding hydrogens is 350 g/mol. The summed E-state index contributed by atoms with van der Waals surface area (Å²) in [6, 6.07) is 7.42. The van der Waals surface area contributed by atoms with Gasteiger partial charge in [0.05, 0.1) is 4.90 Å². The van der Waals surface area contributed by atoms with Gasteiger partial charge < -0.3 is 9.88 Å². The summed E-state index contributed by atoms with van der Waals surface area (Å²) in [5, 5.41) is 3.83. The molecule has 0 unspecified atom stereocenters. The van der Waals surface area contributed by atoms with Crippen molar-refractivity contribution in [3.63, 3.8) is 0 Å². The van der Waals surface area contributed by atoms with Gasteiger partial charge in [0.25, 0.3) is 0 Å². The average Bonchev–Trinajstić information content (AvgIpc) is 3.39. The monoisotopic (exact) mass is 375 g/mol. The van der Waals surface area contributed by atoms with Crippen molar-refractivity contribution >= 4 is 26.8 Å². The first-order valence-corrected chi connectivity index (χ1v) is 10.9. The van der Waals surface area contributed by atoms with Gasteiger partial charge in [0.2, 0.25) is 15.9 Å². The van der Waals surface area contributed by atoms with Crippen molar-refractivity contribution in [3.8, 4) is 0 Å². The lowest BCUT2D eigenvalue weighted by Gasteiger charge is -2.20. The second-order valence-electron chi connectivity index (χ2n) is 7.32. The molecule has 1 aliphatic carbocycles. The van der Waals surface area contributed by atoms with Gasteiger partial charge in [-0.2, -0.15) is 4.31 Å². The van der Waals surface area contributed by atoms with Gasteiger partial charge >= 0.3 is 0 Å². The lowest BCUT2D eigenvalue weighted by atomic mass is 10.2. The summed E-state index contributed by atoms with van der Waals surface area (Å²) in [4.78, 5) is 12.4. The molecule has 1 aromatic carbocycles. The fourth-order valence-electron chi connectivity index (χ4n) is 3.56. The number of aromatic nitrogens is 1. The van der Waals surface area contributed by atoms with E-state index in [1.54, 1.807) is 16.4 Å². The Labute approximate surface area is 154 Å². The number of benzene rings is 1. The number of nitrogens with zero attached hydrogens (tertiary/aromatic N) is 2. The SMILES string of the molecule is O=C(Cn1ccc2cc(S(=O)(=O)N3CCCCCC3)ccc21)NC1CC1. The minimum Gasteiger partial charge on any atom is -0.352 e. The van der Waals surface area contributed by atoms with E-state index in [2.05, 4.69) is 5.32 Å². The van der Waals surface area contributed by atoms with E-state index in [0.717, 1.165) is 49.4 Å². The summed E-state index contributed by atoms with van der Waals surface area (Å²) >= 11 is 0. The predicted molar refractivity (Wildman–Crippen MR) is 100 cm³/mol. The van der Waals surface area contributed by atoms with Crippen LogP contribution in [-0.4, -0.2) is 42.3 Å². The molecule has 2 aromatic rings. The van der Waals surface area contributed by atoms with Crippen LogP contribution in [0.5, 0.6) is 0 Å². The van der Waals surface area contributed by atoms with Gasteiger partial charge in [0, 0.05) is 36.2 Å². The van der Waals surface area contributed by atoms with Crippen LogP contribution in [0.1, 0.15) is 38.5 Å². The molecule has 0 bridgehead atoms. The van der Waals surface area contributed by atoms with E-state index in [-0.39, 0.29) is 12.5 Å². The molecule has 2 heterocycles. The highest BCUT2D eigenvalue weighted by molar-refractivity contribution is 7.89. The van der Waals surface area contributed by atoms with Crippen molar-refractivity contribution in [2.45, 2.75) is 56.0 Å². The molecule has 140 valence electrons. The van der Waals surface area contributed by atoms with Gasteiger partial charge in [-0.15, -0.1) is 0 Å². The molecule has 1 amide bonds. The highest BCUT2D eigenvalue weighted by Gasteiger charge is 2.26. The number of carbonyl (C=O) groups excluding carboxylic acids is 1. The third-order valence-electron chi connectivity index (χ3n) is 5.20. The molecule has 4 rings (SSSR count). The molecule has 1 saturated heterocycles. The molecule has 0 atom stereocenters. The van der Waals surface area contributed by atoms with E-state index in [0.29, 0.717) is 24.0 Å². The zero-order valence-corrected chi connectivity index (χ0v) is 15.7. The van der Waals surface area contributed by atoms with Crippen molar-refractivity contribution in [1.82, 2.24) is 14.2 Å². The maximum absolute atomic E-state index is 13.0. The van der Waals surface area contributed by atoms with E-state index < -0.39 is 10.0 Å². The minimum atomic E-state index is -3.45. The zero-order valence-electron chi connectivity index (χ0n) is 14.9. The fourth-order valence-corrected chi connectivity index (χ4v) is 5.12. The van der Waals surface area contributed by atoms with E-state index in [1.807, 2.05) is 22.9 Å². The molecule has 7 heteroatoms. The maximum Gasteiger partial charge on any atom is 0.243 e. The third-order valence-corrected chi connectivity index (χ3v) is 7.10. The number of carbonyl (C=O) groups is 1. The van der Waals surface area contributed by atoms with Crippen LogP contribution in [0.4, 0.5) is 0 Å². The summed E-state index contributed by atoms with van der Waals surface area (Å²) in [5.74, 6) is 0.00580. The molecule has 0 radical (unpaired) electrons. The summed E-state index contributed by atoms with van der Waals surface area (Å²) in [5.41, 5.74) is 0.880. The van der Waals surface area contributed by atoms with Gasteiger partial charge in [0.15, 0.2) is 0 Å². The first kappa shape index (κ1) is 17.5. The lowest BCUT2D eigenvalue weighted by molar-refractivity contribution is -0.121. The molecule has 6 nitrogen and oxygen atoms in total. The smallest absolute Gasteiger partial charge is 0.243 e. The van der Waals surface area contributed by atoms with Crippen LogP contribution in [0, 0.1) is 0 Å². The molecule has 2 fully saturated rings. The topological polar surface area (TPSA) is 71.4 Å². The molecule has 1 N–H and O–H groups in total. The van der Waals surface area contributed by atoms with E-state index in [4.69, 9.17) is 0 Å². The molecular formula is C19H25N3O3S. The fraction of sp³-hybridized carbons (Fsp3) is 0.526. The van der Waals surface area contributed by atoms with Crippen LogP contribution in [0.2, 0.25) is 0 Å². The Morgan fingerprint density at radius 1 is 1.08 bits per heavy atom. The van der Waals surface area contributed by atoms with Crippen molar-refractivity contribution < 1.29 is 13.2 Å². The Morgan fingerprint density at radius 3 is 2.50 bits per heavy atom. The zero-order chi connectivity index (χ0) is 18.1. The number of amides is 1. The molecule has 2 aliphatic rings. The molecule has 1 saturated carbocycles. The largest absolute Gasteiger partial charge is 0.352 e. The van der Waals surface area contributed by atoms with Gasteiger partial charge in [-0.3, -0.25) is 4.79 Å². The third kappa shape index (κ3) is 3.64. The van der Waals surface area contributed by atoms with Crippen molar-refractivity contribution in [1.29, 1.82) is 0 Å². The summed E-state index contributed by atoms with van der Waals surface area (Å²) in [6.07, 6.45) is 8.01. The van der Waals surface area contributed by atoms with Gasteiger partial charge in [-0.05, 0) is 49.9 Å². The van der Waals surface area contributed by atoms with Crippen LogP contribution in [0.3, 0.4) is 0 Å². The molecule has 1 aliphatic heterocycles. The first-order valence-electron chi connectivity index (χ1n) is 9.42. The summed E-state index contributed by atoms with van der Waals surface area (Å²) in [7, 11) is -3.45. The lowest BCUT2D eigenvalue weighted by Crippen LogP contribution is -2.31. The van der Waals surface area contributed by atoms with Gasteiger partial charge in [-0.25, -0.2) is 8.42 Å². The van der Waals surface area contributed by atoms with Crippen LogP contribution < -0.4 is 5.32 Å². The number of sulfonamides is 1. The second kappa shape index (κ2) is 7.04. The molecule has 1 aromatic heterocycles. The second-order valence-corrected chi connectivity index (χ2v) is 9.26. The van der Waals surface area contributed by atoms with Crippen LogP contribution in [0.15, 0.2) is 35.4 Å². The average molecular weight is 375 g/mol.